The zero-order chi connectivity index (χ0) is 14.3. The Morgan fingerprint density at radius 2 is 2.40 bits per heavy atom. The van der Waals surface area contributed by atoms with Crippen molar-refractivity contribution in [1.82, 2.24) is 15.1 Å². The lowest BCUT2D eigenvalue weighted by molar-refractivity contribution is 0.0936. The van der Waals surface area contributed by atoms with Gasteiger partial charge in [0.05, 0.1) is 20.9 Å². The van der Waals surface area contributed by atoms with Crippen LogP contribution in [0, 0.1) is 6.92 Å². The van der Waals surface area contributed by atoms with Crippen molar-refractivity contribution in [1.29, 1.82) is 0 Å². The molecule has 0 spiro atoms. The molecule has 0 aliphatic heterocycles. The van der Waals surface area contributed by atoms with E-state index in [0.29, 0.717) is 0 Å². The second-order valence-corrected chi connectivity index (χ2v) is 7.53. The van der Waals surface area contributed by atoms with Gasteiger partial charge in [0.25, 0.3) is 5.91 Å². The van der Waals surface area contributed by atoms with E-state index in [2.05, 4.69) is 26.3 Å². The van der Waals surface area contributed by atoms with E-state index in [9.17, 15) is 4.79 Å². The van der Waals surface area contributed by atoms with Crippen molar-refractivity contribution in [3.63, 3.8) is 0 Å². The molecule has 2 aromatic heterocycles. The molecule has 1 aliphatic rings. The highest BCUT2D eigenvalue weighted by molar-refractivity contribution is 9.11. The van der Waals surface area contributed by atoms with Gasteiger partial charge in [0.1, 0.15) is 0 Å². The number of aryl methyl sites for hydroxylation is 2. The maximum absolute atomic E-state index is 12.3. The number of rotatable bonds is 2. The number of hydrogen-bond acceptors (Lipinski definition) is 3. The molecular formula is C14H16BrN3OS. The van der Waals surface area contributed by atoms with Gasteiger partial charge in [0.2, 0.25) is 0 Å². The first-order chi connectivity index (χ1) is 9.56. The number of nitrogens with zero attached hydrogens (tertiary/aromatic N) is 2. The molecule has 1 unspecified atom stereocenters. The number of fused-ring (bicyclic) bond motifs is 1. The predicted molar refractivity (Wildman–Crippen MR) is 83.1 cm³/mol. The second-order valence-electron chi connectivity index (χ2n) is 5.16. The van der Waals surface area contributed by atoms with Crippen LogP contribution in [0.5, 0.6) is 0 Å². The monoisotopic (exact) mass is 353 g/mol. The van der Waals surface area contributed by atoms with Crippen LogP contribution >= 0.6 is 27.3 Å². The van der Waals surface area contributed by atoms with E-state index in [-0.39, 0.29) is 11.9 Å². The molecule has 0 aromatic carbocycles. The molecule has 1 N–H and O–H groups in total. The predicted octanol–water partition coefficient (Wildman–Crippen LogP) is 3.36. The average Bonchev–Trinajstić information content (AvgIpc) is 2.95. The molecule has 106 valence electrons. The van der Waals surface area contributed by atoms with Crippen LogP contribution in [0.1, 0.15) is 45.4 Å². The van der Waals surface area contributed by atoms with Crippen molar-refractivity contribution in [2.24, 2.45) is 7.05 Å². The number of thiophene rings is 1. The van der Waals surface area contributed by atoms with Gasteiger partial charge in [0.15, 0.2) is 0 Å². The smallest absolute Gasteiger partial charge is 0.261 e. The third kappa shape index (κ3) is 2.42. The van der Waals surface area contributed by atoms with Gasteiger partial charge in [-0.1, -0.05) is 0 Å². The Hall–Kier alpha value is -1.14. The summed E-state index contributed by atoms with van der Waals surface area (Å²) in [5, 5.41) is 7.45. The molecule has 0 saturated heterocycles. The third-order valence-electron chi connectivity index (χ3n) is 3.76. The van der Waals surface area contributed by atoms with Gasteiger partial charge >= 0.3 is 0 Å². The van der Waals surface area contributed by atoms with Crippen molar-refractivity contribution < 1.29 is 4.79 Å². The summed E-state index contributed by atoms with van der Waals surface area (Å²) in [6.07, 6.45) is 5.00. The lowest BCUT2D eigenvalue weighted by Gasteiger charge is -2.23. The zero-order valence-electron chi connectivity index (χ0n) is 11.4. The number of amides is 1. The van der Waals surface area contributed by atoms with Crippen molar-refractivity contribution in [2.45, 2.75) is 32.2 Å². The molecule has 0 bridgehead atoms. The maximum Gasteiger partial charge on any atom is 0.261 e. The van der Waals surface area contributed by atoms with Gasteiger partial charge in [-0.15, -0.1) is 11.3 Å². The number of aromatic nitrogens is 2. The Kier molecular flexibility index (Phi) is 3.69. The lowest BCUT2D eigenvalue weighted by atomic mass is 9.93. The highest BCUT2D eigenvalue weighted by Crippen LogP contribution is 2.31. The minimum absolute atomic E-state index is 0.00510. The molecule has 20 heavy (non-hydrogen) atoms. The van der Waals surface area contributed by atoms with Gasteiger partial charge < -0.3 is 5.32 Å². The fourth-order valence-corrected chi connectivity index (χ4v) is 4.10. The number of halogens is 1. The zero-order valence-corrected chi connectivity index (χ0v) is 13.8. The molecule has 2 heterocycles. The summed E-state index contributed by atoms with van der Waals surface area (Å²) in [5.74, 6) is 0.00510. The fraction of sp³-hybridized carbons (Fsp3) is 0.429. The first kappa shape index (κ1) is 13.8. The van der Waals surface area contributed by atoms with Crippen molar-refractivity contribution >= 4 is 33.2 Å². The number of nitrogens with one attached hydrogen (secondary N) is 1. The molecule has 0 fully saturated rings. The largest absolute Gasteiger partial charge is 0.344 e. The Balaban J connectivity index is 1.80. The van der Waals surface area contributed by atoms with Crippen LogP contribution in [0.3, 0.4) is 0 Å². The summed E-state index contributed by atoms with van der Waals surface area (Å²) in [5.41, 5.74) is 3.51. The Bertz CT molecular complexity index is 642. The van der Waals surface area contributed by atoms with Crippen molar-refractivity contribution in [3.05, 3.63) is 37.7 Å². The van der Waals surface area contributed by atoms with Crippen LogP contribution in [0.4, 0.5) is 0 Å². The van der Waals surface area contributed by atoms with Crippen LogP contribution in [-0.4, -0.2) is 15.7 Å². The summed E-state index contributed by atoms with van der Waals surface area (Å²) in [7, 11) is 1.96. The van der Waals surface area contributed by atoms with Gasteiger partial charge in [0, 0.05) is 18.3 Å². The summed E-state index contributed by atoms with van der Waals surface area (Å²) in [6, 6.07) is 2.01. The first-order valence-corrected chi connectivity index (χ1v) is 8.25. The summed E-state index contributed by atoms with van der Waals surface area (Å²) in [4.78, 5) is 13.1. The SMILES string of the molecule is Cc1cc(C(=O)NC2CCCc3c2cnn3C)sc1Br. The van der Waals surface area contributed by atoms with Gasteiger partial charge in [-0.05, 0) is 53.7 Å². The number of carbonyl (C=O) groups is 1. The van der Waals surface area contributed by atoms with E-state index >= 15 is 0 Å². The van der Waals surface area contributed by atoms with Gasteiger partial charge in [-0.3, -0.25) is 9.48 Å². The standard InChI is InChI=1S/C14H16BrN3OS/c1-8-6-12(20-13(8)15)14(19)17-10-4-3-5-11-9(10)7-16-18(11)2/h6-7,10H,3-5H2,1-2H3,(H,17,19). The third-order valence-corrected chi connectivity index (χ3v) is 5.90. The second kappa shape index (κ2) is 5.33. The Morgan fingerprint density at radius 1 is 1.60 bits per heavy atom. The highest BCUT2D eigenvalue weighted by atomic mass is 79.9. The van der Waals surface area contributed by atoms with Crippen LogP contribution in [0.2, 0.25) is 0 Å². The van der Waals surface area contributed by atoms with E-state index < -0.39 is 0 Å². The summed E-state index contributed by atoms with van der Waals surface area (Å²) in [6.45, 7) is 2.00. The fourth-order valence-electron chi connectivity index (χ4n) is 2.66. The summed E-state index contributed by atoms with van der Waals surface area (Å²) < 4.78 is 2.94. The van der Waals surface area contributed by atoms with Gasteiger partial charge in [-0.25, -0.2) is 0 Å². The first-order valence-electron chi connectivity index (χ1n) is 6.64. The van der Waals surface area contributed by atoms with Crippen LogP contribution < -0.4 is 5.32 Å². The molecule has 4 nitrogen and oxygen atoms in total. The van der Waals surface area contributed by atoms with Crippen molar-refractivity contribution in [3.8, 4) is 0 Å². The summed E-state index contributed by atoms with van der Waals surface area (Å²) >= 11 is 4.95. The molecule has 1 aliphatic carbocycles. The molecule has 3 rings (SSSR count). The molecule has 1 amide bonds. The van der Waals surface area contributed by atoms with E-state index in [1.807, 2.05) is 30.9 Å². The Morgan fingerprint density at radius 3 is 3.10 bits per heavy atom. The minimum Gasteiger partial charge on any atom is -0.344 e. The van der Waals surface area contributed by atoms with Crippen molar-refractivity contribution in [2.75, 3.05) is 0 Å². The average molecular weight is 354 g/mol. The highest BCUT2D eigenvalue weighted by Gasteiger charge is 2.25. The van der Waals surface area contributed by atoms with Crippen LogP contribution in [-0.2, 0) is 13.5 Å². The minimum atomic E-state index is 0.00510. The number of hydrogen-bond donors (Lipinski definition) is 1. The Labute approximate surface area is 130 Å². The van der Waals surface area contributed by atoms with E-state index in [0.717, 1.165) is 33.5 Å². The van der Waals surface area contributed by atoms with E-state index in [1.54, 1.807) is 0 Å². The topological polar surface area (TPSA) is 46.9 Å². The number of carbonyl (C=O) groups excluding carboxylic acids is 1. The maximum atomic E-state index is 12.3. The molecule has 0 radical (unpaired) electrons. The molecule has 2 aromatic rings. The molecule has 6 heteroatoms. The lowest BCUT2D eigenvalue weighted by Crippen LogP contribution is -2.30. The molecule has 0 saturated carbocycles. The van der Waals surface area contributed by atoms with Crippen LogP contribution in [0.25, 0.3) is 0 Å². The van der Waals surface area contributed by atoms with E-state index in [1.165, 1.54) is 22.6 Å². The van der Waals surface area contributed by atoms with E-state index in [4.69, 9.17) is 0 Å². The van der Waals surface area contributed by atoms with Crippen LogP contribution in [0.15, 0.2) is 16.0 Å². The molecule has 1 atom stereocenters. The molecular weight excluding hydrogens is 338 g/mol. The quantitative estimate of drug-likeness (QED) is 0.899. The normalized spacial score (nSPS) is 17.9. The van der Waals surface area contributed by atoms with Gasteiger partial charge in [-0.2, -0.15) is 5.10 Å².